The molecule has 3 aromatic rings. The van der Waals surface area contributed by atoms with E-state index in [2.05, 4.69) is 15.5 Å². The standard InChI is InChI=1S/C18H19N3O4/c1-23-16-6-5-12(10-17(16)24-2)7-8-19-18(22)14-11-13(20-21-14)15-4-3-9-25-15/h3-6,9-11H,7-8H2,1-2H3,(H,19,22)(H,20,21). The first-order valence-corrected chi connectivity index (χ1v) is 7.79. The first kappa shape index (κ1) is 16.6. The van der Waals surface area contributed by atoms with Gasteiger partial charge in [-0.05, 0) is 36.2 Å². The van der Waals surface area contributed by atoms with Crippen molar-refractivity contribution in [1.29, 1.82) is 0 Å². The SMILES string of the molecule is COc1ccc(CCNC(=O)c2cc(-c3ccco3)[nH]n2)cc1OC. The number of ether oxygens (including phenoxy) is 2. The van der Waals surface area contributed by atoms with Gasteiger partial charge in [0.25, 0.3) is 5.91 Å². The van der Waals surface area contributed by atoms with Gasteiger partial charge in [-0.25, -0.2) is 0 Å². The molecule has 7 nitrogen and oxygen atoms in total. The summed E-state index contributed by atoms with van der Waals surface area (Å²) in [5.41, 5.74) is 2.02. The molecule has 130 valence electrons. The van der Waals surface area contributed by atoms with Gasteiger partial charge in [0.05, 0.1) is 20.5 Å². The number of hydrogen-bond donors (Lipinski definition) is 2. The Hall–Kier alpha value is -3.22. The number of furan rings is 1. The fraction of sp³-hybridized carbons (Fsp3) is 0.222. The van der Waals surface area contributed by atoms with Gasteiger partial charge in [0.2, 0.25) is 0 Å². The predicted molar refractivity (Wildman–Crippen MR) is 91.9 cm³/mol. The largest absolute Gasteiger partial charge is 0.493 e. The zero-order chi connectivity index (χ0) is 17.6. The third-order valence-corrected chi connectivity index (χ3v) is 3.74. The molecule has 0 aliphatic heterocycles. The van der Waals surface area contributed by atoms with Gasteiger partial charge in [0.1, 0.15) is 5.69 Å². The van der Waals surface area contributed by atoms with Crippen LogP contribution in [0.3, 0.4) is 0 Å². The molecule has 0 radical (unpaired) electrons. The number of nitrogens with one attached hydrogen (secondary N) is 2. The van der Waals surface area contributed by atoms with Gasteiger partial charge in [0.15, 0.2) is 23.0 Å². The Labute approximate surface area is 145 Å². The highest BCUT2D eigenvalue weighted by atomic mass is 16.5. The number of aromatic nitrogens is 2. The van der Waals surface area contributed by atoms with E-state index in [0.29, 0.717) is 41.6 Å². The second-order valence-corrected chi connectivity index (χ2v) is 5.34. The molecule has 25 heavy (non-hydrogen) atoms. The van der Waals surface area contributed by atoms with E-state index >= 15 is 0 Å². The van der Waals surface area contributed by atoms with Crippen LogP contribution in [0.2, 0.25) is 0 Å². The minimum absolute atomic E-state index is 0.241. The second-order valence-electron chi connectivity index (χ2n) is 5.34. The summed E-state index contributed by atoms with van der Waals surface area (Å²) >= 11 is 0. The Bertz CT molecular complexity index is 840. The summed E-state index contributed by atoms with van der Waals surface area (Å²) in [5, 5.41) is 9.65. The van der Waals surface area contributed by atoms with Crippen LogP contribution in [0.1, 0.15) is 16.1 Å². The Kier molecular flexibility index (Phi) is 5.03. The molecule has 0 aliphatic carbocycles. The normalized spacial score (nSPS) is 10.5. The first-order valence-electron chi connectivity index (χ1n) is 7.79. The van der Waals surface area contributed by atoms with E-state index in [1.165, 1.54) is 0 Å². The summed E-state index contributed by atoms with van der Waals surface area (Å²) in [5.74, 6) is 1.74. The van der Waals surface area contributed by atoms with Crippen molar-refractivity contribution in [3.63, 3.8) is 0 Å². The number of methoxy groups -OCH3 is 2. The summed E-state index contributed by atoms with van der Waals surface area (Å²) in [4.78, 5) is 12.2. The van der Waals surface area contributed by atoms with Crippen molar-refractivity contribution >= 4 is 5.91 Å². The number of rotatable bonds is 7. The molecule has 7 heteroatoms. The van der Waals surface area contributed by atoms with Gasteiger partial charge in [-0.2, -0.15) is 5.10 Å². The second kappa shape index (κ2) is 7.57. The Morgan fingerprint density at radius 1 is 1.20 bits per heavy atom. The molecule has 0 bridgehead atoms. The quantitative estimate of drug-likeness (QED) is 0.689. The van der Waals surface area contributed by atoms with E-state index in [-0.39, 0.29) is 5.91 Å². The molecule has 0 spiro atoms. The summed E-state index contributed by atoms with van der Waals surface area (Å²) in [6.45, 7) is 0.483. The van der Waals surface area contributed by atoms with Crippen molar-refractivity contribution in [1.82, 2.24) is 15.5 Å². The van der Waals surface area contributed by atoms with Crippen molar-refractivity contribution in [2.45, 2.75) is 6.42 Å². The van der Waals surface area contributed by atoms with Gasteiger partial charge < -0.3 is 19.2 Å². The molecule has 0 unspecified atom stereocenters. The van der Waals surface area contributed by atoms with Crippen molar-refractivity contribution in [3.8, 4) is 23.0 Å². The summed E-state index contributed by atoms with van der Waals surface area (Å²) in [6, 6.07) is 10.9. The molecule has 2 heterocycles. The monoisotopic (exact) mass is 341 g/mol. The zero-order valence-electron chi connectivity index (χ0n) is 14.0. The topological polar surface area (TPSA) is 89.4 Å². The van der Waals surface area contributed by atoms with E-state index in [4.69, 9.17) is 13.9 Å². The number of hydrogen-bond acceptors (Lipinski definition) is 5. The van der Waals surface area contributed by atoms with Crippen LogP contribution in [0.15, 0.2) is 47.1 Å². The summed E-state index contributed by atoms with van der Waals surface area (Å²) < 4.78 is 15.8. The highest BCUT2D eigenvalue weighted by Gasteiger charge is 2.12. The maximum Gasteiger partial charge on any atom is 0.271 e. The lowest BCUT2D eigenvalue weighted by molar-refractivity contribution is 0.0949. The van der Waals surface area contributed by atoms with Crippen LogP contribution >= 0.6 is 0 Å². The van der Waals surface area contributed by atoms with Crippen molar-refractivity contribution in [2.24, 2.45) is 0 Å². The van der Waals surface area contributed by atoms with E-state index in [0.717, 1.165) is 5.56 Å². The summed E-state index contributed by atoms with van der Waals surface area (Å²) in [7, 11) is 3.19. The maximum atomic E-state index is 12.2. The molecule has 2 N–H and O–H groups in total. The Morgan fingerprint density at radius 3 is 2.76 bits per heavy atom. The number of carbonyl (C=O) groups is 1. The van der Waals surface area contributed by atoms with Crippen LogP contribution in [0, 0.1) is 0 Å². The van der Waals surface area contributed by atoms with Crippen LogP contribution in [0.25, 0.3) is 11.5 Å². The Morgan fingerprint density at radius 2 is 2.04 bits per heavy atom. The van der Waals surface area contributed by atoms with Crippen molar-refractivity contribution < 1.29 is 18.7 Å². The zero-order valence-corrected chi connectivity index (χ0v) is 14.0. The fourth-order valence-electron chi connectivity index (χ4n) is 2.44. The summed E-state index contributed by atoms with van der Waals surface area (Å²) in [6.07, 6.45) is 2.24. The van der Waals surface area contributed by atoms with Gasteiger partial charge in [-0.1, -0.05) is 6.07 Å². The molecule has 0 aliphatic rings. The van der Waals surface area contributed by atoms with Crippen molar-refractivity contribution in [3.05, 3.63) is 53.9 Å². The molecule has 2 aromatic heterocycles. The third-order valence-electron chi connectivity index (χ3n) is 3.74. The van der Waals surface area contributed by atoms with Crippen LogP contribution in [-0.2, 0) is 6.42 Å². The van der Waals surface area contributed by atoms with Crippen molar-refractivity contribution in [2.75, 3.05) is 20.8 Å². The number of carbonyl (C=O) groups excluding carboxylic acids is 1. The molecule has 0 atom stereocenters. The lowest BCUT2D eigenvalue weighted by Gasteiger charge is -2.09. The van der Waals surface area contributed by atoms with E-state index in [1.54, 1.807) is 38.7 Å². The van der Waals surface area contributed by atoms with E-state index in [1.807, 2.05) is 18.2 Å². The highest BCUT2D eigenvalue weighted by Crippen LogP contribution is 2.27. The van der Waals surface area contributed by atoms with Crippen LogP contribution in [0.5, 0.6) is 11.5 Å². The molecular weight excluding hydrogens is 322 g/mol. The average Bonchev–Trinajstić information content (AvgIpc) is 3.32. The van der Waals surface area contributed by atoms with Gasteiger partial charge >= 0.3 is 0 Å². The maximum absolute atomic E-state index is 12.2. The minimum atomic E-state index is -0.241. The van der Waals surface area contributed by atoms with Gasteiger partial charge in [-0.15, -0.1) is 0 Å². The molecule has 1 aromatic carbocycles. The third kappa shape index (κ3) is 3.82. The Balaban J connectivity index is 1.56. The molecule has 0 saturated carbocycles. The highest BCUT2D eigenvalue weighted by molar-refractivity contribution is 5.93. The smallest absolute Gasteiger partial charge is 0.271 e. The molecule has 0 fully saturated rings. The van der Waals surface area contributed by atoms with E-state index in [9.17, 15) is 4.79 Å². The van der Waals surface area contributed by atoms with Crippen LogP contribution < -0.4 is 14.8 Å². The number of nitrogens with zero attached hydrogens (tertiary/aromatic N) is 1. The van der Waals surface area contributed by atoms with E-state index < -0.39 is 0 Å². The number of aromatic amines is 1. The average molecular weight is 341 g/mol. The lowest BCUT2D eigenvalue weighted by atomic mass is 10.1. The first-order chi connectivity index (χ1) is 12.2. The van der Waals surface area contributed by atoms with Crippen LogP contribution in [-0.4, -0.2) is 36.9 Å². The molecule has 3 rings (SSSR count). The van der Waals surface area contributed by atoms with Crippen LogP contribution in [0.4, 0.5) is 0 Å². The lowest BCUT2D eigenvalue weighted by Crippen LogP contribution is -2.26. The molecule has 1 amide bonds. The van der Waals surface area contributed by atoms with Gasteiger partial charge in [-0.3, -0.25) is 9.89 Å². The fourth-order valence-corrected chi connectivity index (χ4v) is 2.44. The molecular formula is C18H19N3O4. The predicted octanol–water partition coefficient (Wildman–Crippen LogP) is 2.66. The number of H-pyrrole nitrogens is 1. The minimum Gasteiger partial charge on any atom is -0.493 e. The van der Waals surface area contributed by atoms with Gasteiger partial charge in [0, 0.05) is 12.6 Å². The number of benzene rings is 1. The number of amides is 1. The molecule has 0 saturated heterocycles.